The molecule has 1 aromatic carbocycles. The van der Waals surface area contributed by atoms with E-state index in [2.05, 4.69) is 10.2 Å². The van der Waals surface area contributed by atoms with Crippen molar-refractivity contribution in [3.63, 3.8) is 0 Å². The van der Waals surface area contributed by atoms with E-state index in [9.17, 15) is 4.79 Å². The minimum Gasteiger partial charge on any atom is -0.288 e. The molecule has 0 saturated heterocycles. The van der Waals surface area contributed by atoms with Crippen molar-refractivity contribution in [2.45, 2.75) is 0 Å². The van der Waals surface area contributed by atoms with Crippen LogP contribution in [0.2, 0.25) is 0 Å². The van der Waals surface area contributed by atoms with Gasteiger partial charge in [0.15, 0.2) is 5.78 Å². The number of rotatable bonds is 2. The molecule has 0 spiro atoms. The fraction of sp³-hybridized carbons (Fsp3) is 0. The first kappa shape index (κ1) is 9.30. The number of ketones is 1. The summed E-state index contributed by atoms with van der Waals surface area (Å²) in [6.07, 6.45) is 3.17. The van der Waals surface area contributed by atoms with E-state index in [-0.39, 0.29) is 5.78 Å². The van der Waals surface area contributed by atoms with Crippen LogP contribution < -0.4 is 0 Å². The van der Waals surface area contributed by atoms with Crippen molar-refractivity contribution < 1.29 is 4.79 Å². The van der Waals surface area contributed by atoms with Crippen LogP contribution in [0, 0.1) is 0 Å². The molecular formula is C12H8N2OS. The molecule has 3 rings (SSSR count). The van der Waals surface area contributed by atoms with E-state index in [1.807, 2.05) is 29.6 Å². The lowest BCUT2D eigenvalue weighted by Gasteiger charge is -1.95. The van der Waals surface area contributed by atoms with Gasteiger partial charge in [0.25, 0.3) is 0 Å². The van der Waals surface area contributed by atoms with Crippen LogP contribution in [0.1, 0.15) is 15.9 Å². The molecule has 2 aromatic heterocycles. The van der Waals surface area contributed by atoms with E-state index < -0.39 is 0 Å². The normalized spacial score (nSPS) is 10.8. The fourth-order valence-electron chi connectivity index (χ4n) is 1.68. The van der Waals surface area contributed by atoms with Crippen LogP contribution in [0.15, 0.2) is 42.0 Å². The number of H-pyrrole nitrogens is 1. The van der Waals surface area contributed by atoms with E-state index in [0.29, 0.717) is 5.56 Å². The number of hydrogen-bond donors (Lipinski definition) is 1. The summed E-state index contributed by atoms with van der Waals surface area (Å²) in [4.78, 5) is 12.1. The Morgan fingerprint density at radius 1 is 1.31 bits per heavy atom. The molecule has 16 heavy (non-hydrogen) atoms. The third-order valence-corrected chi connectivity index (χ3v) is 3.45. The van der Waals surface area contributed by atoms with E-state index in [1.165, 1.54) is 0 Å². The molecule has 0 unspecified atom stereocenters. The molecule has 1 N–H and O–H groups in total. The van der Waals surface area contributed by atoms with Crippen LogP contribution in [0.3, 0.4) is 0 Å². The maximum absolute atomic E-state index is 12.1. The molecule has 0 atom stereocenters. The first-order valence-electron chi connectivity index (χ1n) is 4.86. The molecule has 0 fully saturated rings. The second-order valence-electron chi connectivity index (χ2n) is 3.46. The maximum atomic E-state index is 12.1. The van der Waals surface area contributed by atoms with Gasteiger partial charge in [0.1, 0.15) is 0 Å². The first-order valence-corrected chi connectivity index (χ1v) is 5.74. The van der Waals surface area contributed by atoms with Crippen LogP contribution in [0.25, 0.3) is 10.1 Å². The summed E-state index contributed by atoms with van der Waals surface area (Å²) in [5.74, 6) is 0.0196. The highest BCUT2D eigenvalue weighted by Gasteiger charge is 2.14. The van der Waals surface area contributed by atoms with Crippen molar-refractivity contribution in [1.82, 2.24) is 10.2 Å². The number of aromatic amines is 1. The van der Waals surface area contributed by atoms with Crippen molar-refractivity contribution in [2.24, 2.45) is 0 Å². The minimum atomic E-state index is 0.0196. The fourth-order valence-corrected chi connectivity index (χ4v) is 2.63. The van der Waals surface area contributed by atoms with Gasteiger partial charge in [0.2, 0.25) is 0 Å². The lowest BCUT2D eigenvalue weighted by atomic mass is 10.1. The Balaban J connectivity index is 2.16. The lowest BCUT2D eigenvalue weighted by molar-refractivity contribution is 0.104. The Morgan fingerprint density at radius 2 is 2.19 bits per heavy atom. The van der Waals surface area contributed by atoms with Gasteiger partial charge in [-0.2, -0.15) is 5.10 Å². The number of aromatic nitrogens is 2. The summed E-state index contributed by atoms with van der Waals surface area (Å²) in [5, 5.41) is 9.36. The number of carbonyl (C=O) groups excluding carboxylic acids is 1. The lowest BCUT2D eigenvalue weighted by Crippen LogP contribution is -1.97. The predicted octanol–water partition coefficient (Wildman–Crippen LogP) is 2.86. The summed E-state index contributed by atoms with van der Waals surface area (Å²) in [5.41, 5.74) is 1.35. The molecule has 0 aliphatic rings. The number of thiophene rings is 1. The summed E-state index contributed by atoms with van der Waals surface area (Å²) < 4.78 is 1.13. The van der Waals surface area contributed by atoms with Gasteiger partial charge in [-0.05, 0) is 6.07 Å². The van der Waals surface area contributed by atoms with E-state index >= 15 is 0 Å². The Morgan fingerprint density at radius 3 is 3.00 bits per heavy atom. The van der Waals surface area contributed by atoms with E-state index in [0.717, 1.165) is 15.6 Å². The van der Waals surface area contributed by atoms with Gasteiger partial charge in [0.05, 0.1) is 11.8 Å². The molecule has 0 aliphatic carbocycles. The Bertz CT molecular complexity index is 640. The number of carbonyl (C=O) groups is 1. The zero-order valence-corrected chi connectivity index (χ0v) is 9.12. The van der Waals surface area contributed by atoms with E-state index in [1.54, 1.807) is 23.7 Å². The van der Waals surface area contributed by atoms with Crippen molar-refractivity contribution >= 4 is 27.2 Å². The van der Waals surface area contributed by atoms with Crippen molar-refractivity contribution in [3.05, 3.63) is 53.2 Å². The van der Waals surface area contributed by atoms with Crippen LogP contribution in [0.4, 0.5) is 0 Å². The molecule has 0 aliphatic heterocycles. The maximum Gasteiger partial charge on any atom is 0.197 e. The largest absolute Gasteiger partial charge is 0.288 e. The molecule has 78 valence electrons. The van der Waals surface area contributed by atoms with Crippen molar-refractivity contribution in [3.8, 4) is 0 Å². The summed E-state index contributed by atoms with van der Waals surface area (Å²) >= 11 is 1.59. The summed E-state index contributed by atoms with van der Waals surface area (Å²) in [6, 6.07) is 7.91. The predicted molar refractivity (Wildman–Crippen MR) is 63.8 cm³/mol. The van der Waals surface area contributed by atoms with Gasteiger partial charge in [-0.15, -0.1) is 11.3 Å². The molecule has 2 heterocycles. The molecule has 0 saturated carbocycles. The zero-order chi connectivity index (χ0) is 11.0. The second kappa shape index (κ2) is 3.57. The third kappa shape index (κ3) is 1.35. The summed E-state index contributed by atoms with van der Waals surface area (Å²) in [6.45, 7) is 0. The van der Waals surface area contributed by atoms with Crippen LogP contribution in [-0.2, 0) is 0 Å². The van der Waals surface area contributed by atoms with Gasteiger partial charge >= 0.3 is 0 Å². The highest BCUT2D eigenvalue weighted by atomic mass is 32.1. The number of benzene rings is 1. The topological polar surface area (TPSA) is 45.8 Å². The SMILES string of the molecule is O=C(c1cn[nH]c1)c1csc2ccccc12. The molecule has 4 heteroatoms. The minimum absolute atomic E-state index is 0.0196. The highest BCUT2D eigenvalue weighted by Crippen LogP contribution is 2.27. The first-order chi connectivity index (χ1) is 7.86. The molecular weight excluding hydrogens is 220 g/mol. The zero-order valence-electron chi connectivity index (χ0n) is 8.31. The van der Waals surface area contributed by atoms with Gasteiger partial charge in [-0.25, -0.2) is 0 Å². The molecule has 3 nitrogen and oxygen atoms in total. The van der Waals surface area contributed by atoms with Crippen LogP contribution in [0.5, 0.6) is 0 Å². The van der Waals surface area contributed by atoms with Gasteiger partial charge in [0, 0.05) is 27.2 Å². The molecule has 3 aromatic rings. The smallest absolute Gasteiger partial charge is 0.197 e. The average Bonchev–Trinajstić information content (AvgIpc) is 2.98. The third-order valence-electron chi connectivity index (χ3n) is 2.49. The van der Waals surface area contributed by atoms with Gasteiger partial charge in [-0.1, -0.05) is 18.2 Å². The van der Waals surface area contributed by atoms with Crippen molar-refractivity contribution in [1.29, 1.82) is 0 Å². The monoisotopic (exact) mass is 228 g/mol. The molecule has 0 bridgehead atoms. The van der Waals surface area contributed by atoms with Crippen LogP contribution in [-0.4, -0.2) is 16.0 Å². The Labute approximate surface area is 95.7 Å². The quantitative estimate of drug-likeness (QED) is 0.685. The molecule has 0 amide bonds. The molecule has 0 radical (unpaired) electrons. The Kier molecular flexibility index (Phi) is 2.08. The van der Waals surface area contributed by atoms with Crippen molar-refractivity contribution in [2.75, 3.05) is 0 Å². The van der Waals surface area contributed by atoms with Gasteiger partial charge in [-0.3, -0.25) is 9.89 Å². The number of fused-ring (bicyclic) bond motifs is 1. The number of hydrogen-bond acceptors (Lipinski definition) is 3. The highest BCUT2D eigenvalue weighted by molar-refractivity contribution is 7.17. The second-order valence-corrected chi connectivity index (χ2v) is 4.37. The standard InChI is InChI=1S/C12H8N2OS/c15-12(8-5-13-14-6-8)10-7-16-11-4-2-1-3-9(10)11/h1-7H,(H,13,14). The van der Waals surface area contributed by atoms with E-state index in [4.69, 9.17) is 0 Å². The average molecular weight is 228 g/mol. The summed E-state index contributed by atoms with van der Waals surface area (Å²) in [7, 11) is 0. The van der Waals surface area contributed by atoms with Crippen LogP contribution >= 0.6 is 11.3 Å². The van der Waals surface area contributed by atoms with Gasteiger partial charge < -0.3 is 0 Å². The Hall–Kier alpha value is -1.94. The number of nitrogens with one attached hydrogen (secondary N) is 1. The number of nitrogens with zero attached hydrogens (tertiary/aromatic N) is 1.